The lowest BCUT2D eigenvalue weighted by Gasteiger charge is -2.17. The molecule has 1 atom stereocenters. The summed E-state index contributed by atoms with van der Waals surface area (Å²) in [6.07, 6.45) is 3.12. The van der Waals surface area contributed by atoms with Crippen molar-refractivity contribution < 1.29 is 5.11 Å². The molecule has 13 heavy (non-hydrogen) atoms. The van der Waals surface area contributed by atoms with E-state index in [1.807, 2.05) is 13.8 Å². The van der Waals surface area contributed by atoms with Gasteiger partial charge in [-0.05, 0) is 26.7 Å². The molecule has 3 heteroatoms. The molecule has 1 aromatic rings. The van der Waals surface area contributed by atoms with Crippen molar-refractivity contribution in [1.82, 2.24) is 9.55 Å². The van der Waals surface area contributed by atoms with E-state index in [0.29, 0.717) is 0 Å². The van der Waals surface area contributed by atoms with Gasteiger partial charge in [0.05, 0.1) is 17.5 Å². The Kier molecular flexibility index (Phi) is 2.12. The van der Waals surface area contributed by atoms with Crippen LogP contribution < -0.4 is 0 Å². The summed E-state index contributed by atoms with van der Waals surface area (Å²) in [5.41, 5.74) is 2.00. The van der Waals surface area contributed by atoms with Crippen molar-refractivity contribution in [3.8, 4) is 0 Å². The zero-order chi connectivity index (χ0) is 9.42. The van der Waals surface area contributed by atoms with Crippen molar-refractivity contribution in [3.05, 3.63) is 17.2 Å². The van der Waals surface area contributed by atoms with Crippen molar-refractivity contribution in [1.29, 1.82) is 0 Å². The quantitative estimate of drug-likeness (QED) is 0.712. The Morgan fingerprint density at radius 2 is 2.23 bits per heavy atom. The highest BCUT2D eigenvalue weighted by molar-refractivity contribution is 5.19. The molecule has 1 unspecified atom stereocenters. The number of rotatable bonds is 1. The van der Waals surface area contributed by atoms with Crippen molar-refractivity contribution in [2.75, 3.05) is 0 Å². The Hall–Kier alpha value is -0.830. The lowest BCUT2D eigenvalue weighted by Crippen LogP contribution is -2.14. The minimum atomic E-state index is -0.389. The molecule has 0 fully saturated rings. The van der Waals surface area contributed by atoms with Crippen LogP contribution in [0.25, 0.3) is 0 Å². The van der Waals surface area contributed by atoms with Gasteiger partial charge >= 0.3 is 0 Å². The average molecular weight is 180 g/mol. The van der Waals surface area contributed by atoms with Crippen molar-refractivity contribution >= 4 is 0 Å². The molecule has 0 radical (unpaired) electrons. The standard InChI is InChI=1S/C10H16N2O/c1-7-10(8(2)13)12-6-4-3-5-9(12)11-7/h8,13H,3-6H2,1-2H3. The van der Waals surface area contributed by atoms with Gasteiger partial charge in [-0.1, -0.05) is 0 Å². The summed E-state index contributed by atoms with van der Waals surface area (Å²) in [6.45, 7) is 4.82. The molecule has 2 heterocycles. The van der Waals surface area contributed by atoms with Crippen molar-refractivity contribution in [2.45, 2.75) is 45.8 Å². The monoisotopic (exact) mass is 180 g/mol. The third-order valence-corrected chi connectivity index (χ3v) is 2.70. The Morgan fingerprint density at radius 1 is 1.46 bits per heavy atom. The molecule has 0 saturated heterocycles. The Labute approximate surface area is 78.4 Å². The second-order valence-electron chi connectivity index (χ2n) is 3.78. The summed E-state index contributed by atoms with van der Waals surface area (Å²) < 4.78 is 2.18. The van der Waals surface area contributed by atoms with Crippen LogP contribution in [0.5, 0.6) is 0 Å². The van der Waals surface area contributed by atoms with Gasteiger partial charge in [0, 0.05) is 13.0 Å². The van der Waals surface area contributed by atoms with Gasteiger partial charge in [0.2, 0.25) is 0 Å². The molecule has 0 amide bonds. The number of aliphatic hydroxyl groups is 1. The normalized spacial score (nSPS) is 18.4. The van der Waals surface area contributed by atoms with E-state index in [9.17, 15) is 5.11 Å². The van der Waals surface area contributed by atoms with Crippen LogP contribution in [0.1, 0.15) is 43.1 Å². The molecule has 1 aliphatic rings. The van der Waals surface area contributed by atoms with E-state index in [2.05, 4.69) is 9.55 Å². The first-order valence-corrected chi connectivity index (χ1v) is 4.94. The minimum Gasteiger partial charge on any atom is -0.387 e. The number of aromatic nitrogens is 2. The number of fused-ring (bicyclic) bond motifs is 1. The highest BCUT2D eigenvalue weighted by Crippen LogP contribution is 2.23. The fourth-order valence-corrected chi connectivity index (χ4v) is 2.17. The molecule has 0 saturated carbocycles. The lowest BCUT2D eigenvalue weighted by molar-refractivity contribution is 0.186. The molecule has 3 nitrogen and oxygen atoms in total. The smallest absolute Gasteiger partial charge is 0.109 e. The molecule has 1 N–H and O–H groups in total. The number of aliphatic hydroxyl groups excluding tert-OH is 1. The third kappa shape index (κ3) is 1.37. The predicted octanol–water partition coefficient (Wildman–Crippen LogP) is 1.58. The highest BCUT2D eigenvalue weighted by atomic mass is 16.3. The number of imidazole rings is 1. The van der Waals surface area contributed by atoms with Crippen molar-refractivity contribution in [3.63, 3.8) is 0 Å². The van der Waals surface area contributed by atoms with E-state index in [4.69, 9.17) is 0 Å². The van der Waals surface area contributed by atoms with Crippen LogP contribution in [0.3, 0.4) is 0 Å². The largest absolute Gasteiger partial charge is 0.387 e. The maximum Gasteiger partial charge on any atom is 0.109 e. The minimum absolute atomic E-state index is 0.389. The highest BCUT2D eigenvalue weighted by Gasteiger charge is 2.19. The van der Waals surface area contributed by atoms with Crippen LogP contribution in [-0.4, -0.2) is 14.7 Å². The summed E-state index contributed by atoms with van der Waals surface area (Å²) in [7, 11) is 0. The SMILES string of the molecule is Cc1nc2n(c1C(C)O)CCCC2. The fourth-order valence-electron chi connectivity index (χ4n) is 2.17. The Balaban J connectivity index is 2.48. The van der Waals surface area contributed by atoms with Gasteiger partial charge in [-0.3, -0.25) is 0 Å². The average Bonchev–Trinajstić information content (AvgIpc) is 2.39. The number of aryl methyl sites for hydroxylation is 2. The lowest BCUT2D eigenvalue weighted by atomic mass is 10.1. The van der Waals surface area contributed by atoms with Gasteiger partial charge in [-0.2, -0.15) is 0 Å². The summed E-state index contributed by atoms with van der Waals surface area (Å²) >= 11 is 0. The van der Waals surface area contributed by atoms with Crippen LogP contribution in [0.4, 0.5) is 0 Å². The van der Waals surface area contributed by atoms with E-state index in [1.165, 1.54) is 12.8 Å². The number of hydrogen-bond acceptors (Lipinski definition) is 2. The van der Waals surface area contributed by atoms with Gasteiger partial charge < -0.3 is 9.67 Å². The maximum atomic E-state index is 9.59. The van der Waals surface area contributed by atoms with Crippen LogP contribution in [0.2, 0.25) is 0 Å². The fraction of sp³-hybridized carbons (Fsp3) is 0.700. The van der Waals surface area contributed by atoms with Crippen LogP contribution in [-0.2, 0) is 13.0 Å². The van der Waals surface area contributed by atoms with Crippen LogP contribution >= 0.6 is 0 Å². The molecule has 72 valence electrons. The second kappa shape index (κ2) is 3.14. The first-order chi connectivity index (χ1) is 6.20. The molecule has 0 aliphatic carbocycles. The summed E-state index contributed by atoms with van der Waals surface area (Å²) in [5.74, 6) is 1.15. The van der Waals surface area contributed by atoms with E-state index < -0.39 is 0 Å². The van der Waals surface area contributed by atoms with E-state index in [0.717, 1.165) is 30.2 Å². The van der Waals surface area contributed by atoms with Crippen molar-refractivity contribution in [2.24, 2.45) is 0 Å². The predicted molar refractivity (Wildman–Crippen MR) is 50.5 cm³/mol. The number of hydrogen-bond donors (Lipinski definition) is 1. The second-order valence-corrected chi connectivity index (χ2v) is 3.78. The van der Waals surface area contributed by atoms with Gasteiger partial charge in [0.1, 0.15) is 5.82 Å². The zero-order valence-corrected chi connectivity index (χ0v) is 8.25. The first kappa shape index (κ1) is 8.75. The Bertz CT molecular complexity index is 315. The van der Waals surface area contributed by atoms with E-state index in [-0.39, 0.29) is 6.10 Å². The molecule has 0 spiro atoms. The topological polar surface area (TPSA) is 38.0 Å². The van der Waals surface area contributed by atoms with Crippen LogP contribution in [0.15, 0.2) is 0 Å². The summed E-state index contributed by atoms with van der Waals surface area (Å²) in [6, 6.07) is 0. The van der Waals surface area contributed by atoms with Gasteiger partial charge in [-0.15, -0.1) is 0 Å². The van der Waals surface area contributed by atoms with Gasteiger partial charge in [-0.25, -0.2) is 4.98 Å². The molecule has 0 bridgehead atoms. The van der Waals surface area contributed by atoms with Crippen LogP contribution in [0, 0.1) is 6.92 Å². The molecule has 1 aromatic heterocycles. The molecular weight excluding hydrogens is 164 g/mol. The molecule has 1 aliphatic heterocycles. The maximum absolute atomic E-state index is 9.59. The number of nitrogens with zero attached hydrogens (tertiary/aromatic N) is 2. The molecule has 2 rings (SSSR count). The third-order valence-electron chi connectivity index (χ3n) is 2.70. The van der Waals surface area contributed by atoms with E-state index in [1.54, 1.807) is 0 Å². The summed E-state index contributed by atoms with van der Waals surface area (Å²) in [4.78, 5) is 4.48. The van der Waals surface area contributed by atoms with E-state index >= 15 is 0 Å². The Morgan fingerprint density at radius 3 is 2.92 bits per heavy atom. The molecular formula is C10H16N2O. The zero-order valence-electron chi connectivity index (χ0n) is 8.25. The molecule has 0 aromatic carbocycles. The first-order valence-electron chi connectivity index (χ1n) is 4.94. The summed E-state index contributed by atoms with van der Waals surface area (Å²) in [5, 5.41) is 9.59. The van der Waals surface area contributed by atoms with Gasteiger partial charge in [0.25, 0.3) is 0 Å². The van der Waals surface area contributed by atoms with Gasteiger partial charge in [0.15, 0.2) is 0 Å².